The van der Waals surface area contributed by atoms with E-state index in [9.17, 15) is 14.9 Å². The van der Waals surface area contributed by atoms with Crippen LogP contribution in [0.15, 0.2) is 18.2 Å². The summed E-state index contributed by atoms with van der Waals surface area (Å²) in [6.07, 6.45) is 0.360. The minimum absolute atomic E-state index is 0.0244. The molecule has 104 valence electrons. The van der Waals surface area contributed by atoms with E-state index in [-0.39, 0.29) is 22.3 Å². The summed E-state index contributed by atoms with van der Waals surface area (Å²) in [5, 5.41) is 22.7. The summed E-state index contributed by atoms with van der Waals surface area (Å²) in [5.74, 6) is -0.908. The SMILES string of the molecule is CC(C)CC(Nc1cccc(Cl)c1[N+](=O)[O-])C(=O)O. The smallest absolute Gasteiger partial charge is 0.326 e. The Morgan fingerprint density at radius 3 is 2.63 bits per heavy atom. The molecule has 1 atom stereocenters. The van der Waals surface area contributed by atoms with Gasteiger partial charge in [-0.05, 0) is 24.5 Å². The Morgan fingerprint density at radius 2 is 2.16 bits per heavy atom. The maximum Gasteiger partial charge on any atom is 0.326 e. The fraction of sp³-hybridized carbons (Fsp3) is 0.417. The van der Waals surface area contributed by atoms with E-state index in [0.29, 0.717) is 6.42 Å². The van der Waals surface area contributed by atoms with Gasteiger partial charge in [0, 0.05) is 0 Å². The van der Waals surface area contributed by atoms with Crippen LogP contribution < -0.4 is 5.32 Å². The highest BCUT2D eigenvalue weighted by Crippen LogP contribution is 2.33. The molecule has 6 nitrogen and oxygen atoms in total. The first-order valence-electron chi connectivity index (χ1n) is 5.75. The summed E-state index contributed by atoms with van der Waals surface area (Å²) >= 11 is 5.76. The van der Waals surface area contributed by atoms with Crippen molar-refractivity contribution in [3.63, 3.8) is 0 Å². The quantitative estimate of drug-likeness (QED) is 0.619. The van der Waals surface area contributed by atoms with E-state index in [1.165, 1.54) is 18.2 Å². The lowest BCUT2D eigenvalue weighted by Gasteiger charge is -2.17. The number of rotatable bonds is 6. The zero-order valence-electron chi connectivity index (χ0n) is 10.6. The van der Waals surface area contributed by atoms with Crippen LogP contribution in [-0.4, -0.2) is 22.0 Å². The highest BCUT2D eigenvalue weighted by atomic mass is 35.5. The van der Waals surface area contributed by atoms with E-state index < -0.39 is 16.9 Å². The molecule has 2 N–H and O–H groups in total. The number of hydrogen-bond donors (Lipinski definition) is 2. The second-order valence-corrected chi connectivity index (χ2v) is 4.97. The highest BCUT2D eigenvalue weighted by molar-refractivity contribution is 6.33. The predicted octanol–water partition coefficient (Wildman–Crippen LogP) is 3.16. The van der Waals surface area contributed by atoms with E-state index in [0.717, 1.165) is 0 Å². The third kappa shape index (κ3) is 4.10. The van der Waals surface area contributed by atoms with Crippen molar-refractivity contribution in [2.24, 2.45) is 5.92 Å². The molecule has 19 heavy (non-hydrogen) atoms. The van der Waals surface area contributed by atoms with Crippen LogP contribution in [-0.2, 0) is 4.79 Å². The summed E-state index contributed by atoms with van der Waals surface area (Å²) in [4.78, 5) is 21.5. The van der Waals surface area contributed by atoms with Gasteiger partial charge in [-0.15, -0.1) is 0 Å². The molecule has 1 unspecified atom stereocenters. The average molecular weight is 287 g/mol. The number of carboxylic acid groups (broad SMARTS) is 1. The van der Waals surface area contributed by atoms with E-state index in [1.54, 1.807) is 0 Å². The number of nitro groups is 1. The van der Waals surface area contributed by atoms with Crippen LogP contribution in [0.25, 0.3) is 0 Å². The predicted molar refractivity (Wildman–Crippen MR) is 72.6 cm³/mol. The van der Waals surface area contributed by atoms with Gasteiger partial charge in [0.25, 0.3) is 0 Å². The molecular formula is C12H15ClN2O4. The number of halogens is 1. The van der Waals surface area contributed by atoms with Crippen molar-refractivity contribution in [2.75, 3.05) is 5.32 Å². The maximum atomic E-state index is 11.1. The van der Waals surface area contributed by atoms with Crippen molar-refractivity contribution in [2.45, 2.75) is 26.3 Å². The van der Waals surface area contributed by atoms with Crippen molar-refractivity contribution >= 4 is 28.9 Å². The summed E-state index contributed by atoms with van der Waals surface area (Å²) in [6.45, 7) is 3.76. The Hall–Kier alpha value is -1.82. The molecule has 0 saturated heterocycles. The molecule has 0 heterocycles. The molecule has 0 fully saturated rings. The Labute approximate surface area is 115 Å². The largest absolute Gasteiger partial charge is 0.480 e. The summed E-state index contributed by atoms with van der Waals surface area (Å²) in [5.41, 5.74) is -0.190. The standard InChI is InChI=1S/C12H15ClN2O4/c1-7(2)6-10(12(16)17)14-9-5-3-4-8(13)11(9)15(18)19/h3-5,7,10,14H,6H2,1-2H3,(H,16,17). The molecule has 0 bridgehead atoms. The zero-order valence-corrected chi connectivity index (χ0v) is 11.3. The van der Waals surface area contributed by atoms with Crippen molar-refractivity contribution < 1.29 is 14.8 Å². The Bertz CT molecular complexity index is 491. The lowest BCUT2D eigenvalue weighted by molar-refractivity contribution is -0.383. The molecule has 0 saturated carbocycles. The normalized spacial score (nSPS) is 12.2. The number of nitrogens with zero attached hydrogens (tertiary/aromatic N) is 1. The molecule has 0 aliphatic carbocycles. The van der Waals surface area contributed by atoms with Crippen molar-refractivity contribution in [1.29, 1.82) is 0 Å². The van der Waals surface area contributed by atoms with Gasteiger partial charge in [0.05, 0.1) is 4.92 Å². The van der Waals surface area contributed by atoms with E-state index >= 15 is 0 Å². The molecule has 0 radical (unpaired) electrons. The minimum Gasteiger partial charge on any atom is -0.480 e. The first-order chi connectivity index (χ1) is 8.82. The number of hydrogen-bond acceptors (Lipinski definition) is 4. The molecule has 1 rings (SSSR count). The van der Waals surface area contributed by atoms with E-state index in [1.807, 2.05) is 13.8 Å². The number of nitro benzene ring substituents is 1. The number of nitrogens with one attached hydrogen (secondary N) is 1. The number of benzene rings is 1. The number of carboxylic acids is 1. The van der Waals surface area contributed by atoms with Crippen molar-refractivity contribution in [3.05, 3.63) is 33.3 Å². The van der Waals surface area contributed by atoms with Crippen LogP contribution in [0.2, 0.25) is 5.02 Å². The van der Waals surface area contributed by atoms with Crippen LogP contribution in [0.3, 0.4) is 0 Å². The van der Waals surface area contributed by atoms with Gasteiger partial charge in [-0.25, -0.2) is 4.79 Å². The lowest BCUT2D eigenvalue weighted by Crippen LogP contribution is -2.31. The molecular weight excluding hydrogens is 272 g/mol. The fourth-order valence-corrected chi connectivity index (χ4v) is 1.94. The van der Waals surface area contributed by atoms with Gasteiger partial charge in [-0.2, -0.15) is 0 Å². The first kappa shape index (κ1) is 15.2. The van der Waals surface area contributed by atoms with Crippen LogP contribution >= 0.6 is 11.6 Å². The highest BCUT2D eigenvalue weighted by Gasteiger charge is 2.24. The second kappa shape index (κ2) is 6.38. The lowest BCUT2D eigenvalue weighted by atomic mass is 10.0. The number of aliphatic carboxylic acids is 1. The molecule has 1 aromatic rings. The topological polar surface area (TPSA) is 92.5 Å². The van der Waals surface area contributed by atoms with Gasteiger partial charge in [-0.1, -0.05) is 31.5 Å². The number of para-hydroxylation sites is 1. The molecule has 7 heteroatoms. The molecule has 0 aromatic heterocycles. The average Bonchev–Trinajstić information content (AvgIpc) is 2.26. The maximum absolute atomic E-state index is 11.1. The molecule has 1 aromatic carbocycles. The number of anilines is 1. The van der Waals surface area contributed by atoms with Crippen LogP contribution in [0.4, 0.5) is 11.4 Å². The second-order valence-electron chi connectivity index (χ2n) is 4.56. The Morgan fingerprint density at radius 1 is 1.53 bits per heavy atom. The number of carbonyl (C=O) groups is 1. The van der Waals surface area contributed by atoms with Gasteiger partial charge >= 0.3 is 11.7 Å². The van der Waals surface area contributed by atoms with Gasteiger partial charge in [0.1, 0.15) is 16.8 Å². The molecule has 0 aliphatic rings. The Balaban J connectivity index is 3.06. The fourth-order valence-electron chi connectivity index (χ4n) is 1.70. The van der Waals surface area contributed by atoms with Gasteiger partial charge in [-0.3, -0.25) is 10.1 Å². The molecule has 0 aliphatic heterocycles. The van der Waals surface area contributed by atoms with E-state index in [2.05, 4.69) is 5.32 Å². The third-order valence-corrected chi connectivity index (χ3v) is 2.81. The van der Waals surface area contributed by atoms with Crippen LogP contribution in [0.1, 0.15) is 20.3 Å². The van der Waals surface area contributed by atoms with E-state index in [4.69, 9.17) is 16.7 Å². The summed E-state index contributed by atoms with van der Waals surface area (Å²) in [7, 11) is 0. The van der Waals surface area contributed by atoms with Crippen LogP contribution in [0.5, 0.6) is 0 Å². The molecule has 0 amide bonds. The van der Waals surface area contributed by atoms with Crippen LogP contribution in [0, 0.1) is 16.0 Å². The molecule has 0 spiro atoms. The van der Waals surface area contributed by atoms with Crippen molar-refractivity contribution in [1.82, 2.24) is 0 Å². The van der Waals surface area contributed by atoms with Gasteiger partial charge in [0.15, 0.2) is 0 Å². The minimum atomic E-state index is -1.05. The summed E-state index contributed by atoms with van der Waals surface area (Å²) < 4.78 is 0. The monoisotopic (exact) mass is 286 g/mol. The third-order valence-electron chi connectivity index (χ3n) is 2.50. The van der Waals surface area contributed by atoms with Crippen molar-refractivity contribution in [3.8, 4) is 0 Å². The zero-order chi connectivity index (χ0) is 14.6. The van der Waals surface area contributed by atoms with Gasteiger partial charge in [0.2, 0.25) is 0 Å². The first-order valence-corrected chi connectivity index (χ1v) is 6.13. The van der Waals surface area contributed by atoms with Gasteiger partial charge < -0.3 is 10.4 Å². The summed E-state index contributed by atoms with van der Waals surface area (Å²) in [6, 6.07) is 3.48. The Kier molecular flexibility index (Phi) is 5.11.